The molecule has 0 N–H and O–H groups in total. The molecule has 5 nitrogen and oxygen atoms in total. The molecule has 3 atom stereocenters. The average molecular weight is 347 g/mol. The van der Waals surface area contributed by atoms with E-state index in [1.165, 1.54) is 4.90 Å². The first kappa shape index (κ1) is 15.7. The van der Waals surface area contributed by atoms with E-state index in [0.717, 1.165) is 30.6 Å². The minimum atomic E-state index is -0.378. The van der Waals surface area contributed by atoms with Crippen molar-refractivity contribution in [3.05, 3.63) is 65.7 Å². The third kappa shape index (κ3) is 2.11. The van der Waals surface area contributed by atoms with Crippen LogP contribution in [0.15, 0.2) is 54.6 Å². The zero-order chi connectivity index (χ0) is 17.8. The molecule has 0 aliphatic carbocycles. The van der Waals surface area contributed by atoms with Crippen molar-refractivity contribution in [1.82, 2.24) is 10.0 Å². The molecule has 3 saturated heterocycles. The highest BCUT2D eigenvalue weighted by molar-refractivity contribution is 6.24. The first-order valence-electron chi connectivity index (χ1n) is 9.19. The van der Waals surface area contributed by atoms with E-state index >= 15 is 0 Å². The smallest absolute Gasteiger partial charge is 0.253 e. The number of amides is 2. The van der Waals surface area contributed by atoms with Gasteiger partial charge in [-0.1, -0.05) is 48.0 Å². The maximum absolute atomic E-state index is 13.3. The van der Waals surface area contributed by atoms with Crippen molar-refractivity contribution in [2.45, 2.75) is 25.4 Å². The van der Waals surface area contributed by atoms with Gasteiger partial charge in [-0.25, -0.2) is 14.9 Å². The van der Waals surface area contributed by atoms with Gasteiger partial charge in [0.05, 0.1) is 17.6 Å². The highest BCUT2D eigenvalue weighted by Gasteiger charge is 2.62. The largest absolute Gasteiger partial charge is 0.274 e. The van der Waals surface area contributed by atoms with Crippen molar-refractivity contribution in [1.29, 1.82) is 0 Å². The number of aryl methyl sites for hydroxylation is 1. The summed E-state index contributed by atoms with van der Waals surface area (Å²) in [5.74, 6) is -0.507. The average Bonchev–Trinajstić information content (AvgIpc) is 3.29. The van der Waals surface area contributed by atoms with Crippen molar-refractivity contribution in [3.8, 4) is 0 Å². The summed E-state index contributed by atoms with van der Waals surface area (Å²) >= 11 is 0. The molecule has 3 aliphatic rings. The Morgan fingerprint density at radius 3 is 2.15 bits per heavy atom. The van der Waals surface area contributed by atoms with E-state index in [1.807, 2.05) is 49.4 Å². The Kier molecular flexibility index (Phi) is 3.48. The number of anilines is 1. The van der Waals surface area contributed by atoms with E-state index in [1.54, 1.807) is 0 Å². The van der Waals surface area contributed by atoms with Crippen LogP contribution in [0.1, 0.15) is 23.6 Å². The molecule has 0 saturated carbocycles. The first-order chi connectivity index (χ1) is 12.7. The zero-order valence-corrected chi connectivity index (χ0v) is 14.7. The molecule has 3 heterocycles. The van der Waals surface area contributed by atoms with Gasteiger partial charge in [-0.15, -0.1) is 0 Å². The SMILES string of the molecule is Cc1ccc(N2C(=O)C3C(C2=O)N2CCCN2C3c2ccccc2)cc1. The van der Waals surface area contributed by atoms with Crippen LogP contribution in [0.5, 0.6) is 0 Å². The Bertz CT molecular complexity index is 865. The fourth-order valence-electron chi connectivity index (χ4n) is 4.71. The van der Waals surface area contributed by atoms with Gasteiger partial charge in [-0.3, -0.25) is 9.59 Å². The molecular weight excluding hydrogens is 326 g/mol. The molecule has 2 aromatic rings. The fourth-order valence-corrected chi connectivity index (χ4v) is 4.71. The first-order valence-corrected chi connectivity index (χ1v) is 9.19. The topological polar surface area (TPSA) is 43.9 Å². The van der Waals surface area contributed by atoms with Crippen LogP contribution in [0.25, 0.3) is 0 Å². The minimum absolute atomic E-state index is 0.0596. The number of rotatable bonds is 2. The summed E-state index contributed by atoms with van der Waals surface area (Å²) in [6, 6.07) is 17.3. The van der Waals surface area contributed by atoms with E-state index in [0.29, 0.717) is 5.69 Å². The van der Waals surface area contributed by atoms with Crippen LogP contribution < -0.4 is 4.90 Å². The number of hydrazine groups is 1. The fraction of sp³-hybridized carbons (Fsp3) is 0.333. The van der Waals surface area contributed by atoms with E-state index in [9.17, 15) is 9.59 Å². The number of hydrogen-bond donors (Lipinski definition) is 0. The number of carbonyl (C=O) groups is 2. The Labute approximate surface area is 152 Å². The molecule has 3 fully saturated rings. The molecule has 0 radical (unpaired) electrons. The van der Waals surface area contributed by atoms with Crippen molar-refractivity contribution in [2.75, 3.05) is 18.0 Å². The lowest BCUT2D eigenvalue weighted by Crippen LogP contribution is -2.44. The maximum Gasteiger partial charge on any atom is 0.253 e. The Balaban J connectivity index is 1.58. The Morgan fingerprint density at radius 1 is 0.808 bits per heavy atom. The Hall–Kier alpha value is -2.50. The van der Waals surface area contributed by atoms with Crippen LogP contribution in [0.2, 0.25) is 0 Å². The van der Waals surface area contributed by atoms with Crippen LogP contribution in [-0.4, -0.2) is 41.0 Å². The summed E-state index contributed by atoms with van der Waals surface area (Å²) in [5, 5.41) is 4.38. The lowest BCUT2D eigenvalue weighted by molar-refractivity contribution is -0.126. The highest BCUT2D eigenvalue weighted by Crippen LogP contribution is 2.48. The van der Waals surface area contributed by atoms with E-state index in [4.69, 9.17) is 0 Å². The van der Waals surface area contributed by atoms with Crippen LogP contribution in [-0.2, 0) is 9.59 Å². The molecule has 2 aromatic carbocycles. The van der Waals surface area contributed by atoms with Gasteiger partial charge in [-0.05, 0) is 31.0 Å². The third-order valence-corrected chi connectivity index (χ3v) is 5.84. The van der Waals surface area contributed by atoms with Gasteiger partial charge >= 0.3 is 0 Å². The molecule has 0 spiro atoms. The summed E-state index contributed by atoms with van der Waals surface area (Å²) in [7, 11) is 0. The van der Waals surface area contributed by atoms with Crippen LogP contribution in [0, 0.1) is 12.8 Å². The van der Waals surface area contributed by atoms with Crippen LogP contribution in [0.3, 0.4) is 0 Å². The van der Waals surface area contributed by atoms with Gasteiger partial charge in [0.2, 0.25) is 5.91 Å². The van der Waals surface area contributed by atoms with Crippen molar-refractivity contribution < 1.29 is 9.59 Å². The molecule has 2 amide bonds. The van der Waals surface area contributed by atoms with E-state index in [-0.39, 0.29) is 29.8 Å². The number of carbonyl (C=O) groups excluding carboxylic acids is 2. The molecule has 5 heteroatoms. The molecule has 5 rings (SSSR count). The molecule has 3 aliphatic heterocycles. The molecular formula is C21H21N3O2. The van der Waals surface area contributed by atoms with Crippen molar-refractivity contribution in [3.63, 3.8) is 0 Å². The van der Waals surface area contributed by atoms with Gasteiger partial charge in [0.15, 0.2) is 0 Å². The number of hydrogen-bond acceptors (Lipinski definition) is 4. The lowest BCUT2D eigenvalue weighted by Gasteiger charge is -2.29. The summed E-state index contributed by atoms with van der Waals surface area (Å²) in [6.45, 7) is 3.74. The van der Waals surface area contributed by atoms with Gasteiger partial charge < -0.3 is 0 Å². The lowest BCUT2D eigenvalue weighted by atomic mass is 9.90. The maximum atomic E-state index is 13.3. The minimum Gasteiger partial charge on any atom is -0.274 e. The van der Waals surface area contributed by atoms with Gasteiger partial charge in [-0.2, -0.15) is 0 Å². The number of nitrogens with zero attached hydrogens (tertiary/aromatic N) is 3. The third-order valence-electron chi connectivity index (χ3n) is 5.84. The summed E-state index contributed by atoms with van der Waals surface area (Å²) < 4.78 is 0. The quantitative estimate of drug-likeness (QED) is 0.783. The van der Waals surface area contributed by atoms with Gasteiger partial charge in [0.25, 0.3) is 5.91 Å². The molecule has 26 heavy (non-hydrogen) atoms. The monoisotopic (exact) mass is 347 g/mol. The second-order valence-corrected chi connectivity index (χ2v) is 7.35. The molecule has 132 valence electrons. The molecule has 0 aromatic heterocycles. The second kappa shape index (κ2) is 5.76. The number of imide groups is 1. The van der Waals surface area contributed by atoms with E-state index in [2.05, 4.69) is 22.2 Å². The number of benzene rings is 2. The molecule has 3 unspecified atom stereocenters. The normalized spacial score (nSPS) is 28.7. The van der Waals surface area contributed by atoms with Gasteiger partial charge in [0, 0.05) is 13.1 Å². The van der Waals surface area contributed by atoms with Crippen LogP contribution in [0.4, 0.5) is 5.69 Å². The van der Waals surface area contributed by atoms with E-state index < -0.39 is 0 Å². The number of fused-ring (bicyclic) bond motifs is 3. The summed E-state index contributed by atoms with van der Waals surface area (Å²) in [5.41, 5.74) is 2.90. The predicted molar refractivity (Wildman–Crippen MR) is 98.2 cm³/mol. The van der Waals surface area contributed by atoms with Gasteiger partial charge in [0.1, 0.15) is 6.04 Å². The predicted octanol–water partition coefficient (Wildman–Crippen LogP) is 2.53. The van der Waals surface area contributed by atoms with Crippen molar-refractivity contribution in [2.24, 2.45) is 5.92 Å². The standard InChI is InChI=1S/C21H21N3O2/c1-14-8-10-16(11-9-14)24-20(25)17-18(15-6-3-2-4-7-15)22-12-5-13-23(22)19(17)21(24)26/h2-4,6-11,17-19H,5,12-13H2,1H3. The van der Waals surface area contributed by atoms with Crippen LogP contribution >= 0.6 is 0 Å². The molecule has 0 bridgehead atoms. The Morgan fingerprint density at radius 2 is 1.46 bits per heavy atom. The summed E-state index contributed by atoms with van der Waals surface area (Å²) in [6.07, 6.45) is 1.03. The zero-order valence-electron chi connectivity index (χ0n) is 14.7. The van der Waals surface area contributed by atoms with Crippen molar-refractivity contribution >= 4 is 17.5 Å². The highest BCUT2D eigenvalue weighted by atomic mass is 16.2. The summed E-state index contributed by atoms with van der Waals surface area (Å²) in [4.78, 5) is 28.0. The second-order valence-electron chi connectivity index (χ2n) is 7.35.